The fourth-order valence-corrected chi connectivity index (χ4v) is 6.95. The molecule has 7 heteroatoms. The third-order valence-corrected chi connectivity index (χ3v) is 9.14. The number of nitrogens with zero attached hydrogens (tertiary/aromatic N) is 3. The molecular weight excluding hydrogens is 474 g/mol. The van der Waals surface area contributed by atoms with E-state index in [1.165, 1.54) is 21.6 Å². The molecule has 2 aliphatic rings. The largest absolute Gasteiger partial charge is 0.341 e. The van der Waals surface area contributed by atoms with Crippen LogP contribution in [0.4, 0.5) is 0 Å². The Kier molecular flexibility index (Phi) is 7.66. The van der Waals surface area contributed by atoms with Gasteiger partial charge < -0.3 is 9.80 Å². The smallest absolute Gasteiger partial charge is 0.227 e. The molecule has 2 aromatic heterocycles. The average molecular weight is 508 g/mol. The lowest BCUT2D eigenvalue weighted by Gasteiger charge is -2.37. The number of benzene rings is 1. The molecule has 1 atom stereocenters. The predicted molar refractivity (Wildman–Crippen MR) is 143 cm³/mol. The van der Waals surface area contributed by atoms with Crippen LogP contribution < -0.4 is 0 Å². The Balaban J connectivity index is 1.20. The van der Waals surface area contributed by atoms with Gasteiger partial charge in [0, 0.05) is 55.4 Å². The summed E-state index contributed by atoms with van der Waals surface area (Å²) < 4.78 is 0. The molecule has 1 fully saturated rings. The van der Waals surface area contributed by atoms with Crippen LogP contribution >= 0.6 is 22.7 Å². The second-order valence-electron chi connectivity index (χ2n) is 9.47. The van der Waals surface area contributed by atoms with E-state index < -0.39 is 0 Å². The fourth-order valence-electron chi connectivity index (χ4n) is 5.35. The Morgan fingerprint density at radius 3 is 2.43 bits per heavy atom. The van der Waals surface area contributed by atoms with Crippen LogP contribution in [-0.2, 0) is 22.4 Å². The molecular formula is C28H33N3O2S2. The van der Waals surface area contributed by atoms with Crippen LogP contribution in [0.25, 0.3) is 0 Å². The highest BCUT2D eigenvalue weighted by Crippen LogP contribution is 2.38. The maximum atomic E-state index is 13.2. The Morgan fingerprint density at radius 2 is 1.66 bits per heavy atom. The first-order valence-corrected chi connectivity index (χ1v) is 14.3. The molecule has 5 rings (SSSR count). The number of hydrogen-bond donors (Lipinski definition) is 0. The topological polar surface area (TPSA) is 43.9 Å². The van der Waals surface area contributed by atoms with E-state index in [4.69, 9.17) is 0 Å². The molecule has 3 aromatic rings. The third-order valence-electron chi connectivity index (χ3n) is 7.27. The van der Waals surface area contributed by atoms with Crippen molar-refractivity contribution in [1.29, 1.82) is 0 Å². The molecule has 4 heterocycles. The van der Waals surface area contributed by atoms with Crippen LogP contribution in [-0.4, -0.2) is 65.8 Å². The van der Waals surface area contributed by atoms with Crippen molar-refractivity contribution in [2.75, 3.05) is 39.3 Å². The van der Waals surface area contributed by atoms with Crippen molar-refractivity contribution < 1.29 is 9.59 Å². The van der Waals surface area contributed by atoms with E-state index in [-0.39, 0.29) is 17.9 Å². The second-order valence-corrected chi connectivity index (χ2v) is 11.5. The van der Waals surface area contributed by atoms with E-state index in [1.807, 2.05) is 38.6 Å². The van der Waals surface area contributed by atoms with Crippen LogP contribution in [0, 0.1) is 6.92 Å². The number of thiophene rings is 2. The van der Waals surface area contributed by atoms with Crippen molar-refractivity contribution in [3.8, 4) is 0 Å². The first-order valence-electron chi connectivity index (χ1n) is 12.5. The van der Waals surface area contributed by atoms with Gasteiger partial charge in [0.15, 0.2) is 0 Å². The third kappa shape index (κ3) is 5.52. The minimum absolute atomic E-state index is 0.169. The number of amides is 2. The highest BCUT2D eigenvalue weighted by molar-refractivity contribution is 7.10. The van der Waals surface area contributed by atoms with Crippen molar-refractivity contribution in [3.05, 3.63) is 79.7 Å². The van der Waals surface area contributed by atoms with Gasteiger partial charge in [0.25, 0.3) is 0 Å². The molecule has 2 aliphatic heterocycles. The Bertz CT molecular complexity index is 1160. The van der Waals surface area contributed by atoms with Crippen LogP contribution in [0.3, 0.4) is 0 Å². The minimum atomic E-state index is 0.169. The summed E-state index contributed by atoms with van der Waals surface area (Å²) in [5.41, 5.74) is 4.04. The normalized spacial score (nSPS) is 18.8. The quantitative estimate of drug-likeness (QED) is 0.483. The number of aryl methyl sites for hydroxylation is 1. The summed E-state index contributed by atoms with van der Waals surface area (Å²) in [6.45, 7) is 6.64. The van der Waals surface area contributed by atoms with Gasteiger partial charge in [0.2, 0.25) is 11.8 Å². The lowest BCUT2D eigenvalue weighted by atomic mass is 9.90. The number of hydrogen-bond acceptors (Lipinski definition) is 5. The van der Waals surface area contributed by atoms with Gasteiger partial charge in [-0.1, -0.05) is 30.3 Å². The Hall–Kier alpha value is -2.48. The highest BCUT2D eigenvalue weighted by atomic mass is 32.1. The van der Waals surface area contributed by atoms with Crippen molar-refractivity contribution in [2.24, 2.45) is 0 Å². The number of carbonyl (C=O) groups excluding carboxylic acids is 2. The monoisotopic (exact) mass is 507 g/mol. The van der Waals surface area contributed by atoms with Crippen molar-refractivity contribution in [3.63, 3.8) is 0 Å². The number of rotatable bonds is 6. The molecule has 2 amide bonds. The van der Waals surface area contributed by atoms with Gasteiger partial charge in [-0.3, -0.25) is 14.5 Å². The van der Waals surface area contributed by atoms with E-state index in [1.54, 1.807) is 11.3 Å². The molecule has 0 N–H and O–H groups in total. The van der Waals surface area contributed by atoms with Gasteiger partial charge in [-0.15, -0.1) is 22.7 Å². The summed E-state index contributed by atoms with van der Waals surface area (Å²) >= 11 is 3.48. The maximum Gasteiger partial charge on any atom is 0.227 e. The van der Waals surface area contributed by atoms with Crippen molar-refractivity contribution >= 4 is 34.5 Å². The molecule has 5 nitrogen and oxygen atoms in total. The summed E-state index contributed by atoms with van der Waals surface area (Å²) in [5, 5.41) is 4.21. The highest BCUT2D eigenvalue weighted by Gasteiger charge is 2.31. The van der Waals surface area contributed by atoms with Crippen LogP contribution in [0.15, 0.2) is 53.2 Å². The van der Waals surface area contributed by atoms with Gasteiger partial charge >= 0.3 is 0 Å². The van der Waals surface area contributed by atoms with E-state index in [2.05, 4.69) is 47.5 Å². The van der Waals surface area contributed by atoms with Gasteiger partial charge in [0.05, 0.1) is 12.5 Å². The maximum absolute atomic E-state index is 13.2. The van der Waals surface area contributed by atoms with Crippen LogP contribution in [0.2, 0.25) is 0 Å². The summed E-state index contributed by atoms with van der Waals surface area (Å²) in [6.07, 6.45) is 2.88. The molecule has 0 aliphatic carbocycles. The molecule has 0 bridgehead atoms. The summed E-state index contributed by atoms with van der Waals surface area (Å²) in [6, 6.07) is 15.1. The van der Waals surface area contributed by atoms with Crippen molar-refractivity contribution in [2.45, 2.75) is 38.6 Å². The minimum Gasteiger partial charge on any atom is -0.341 e. The zero-order chi connectivity index (χ0) is 24.2. The number of fused-ring (bicyclic) bond motifs is 1. The van der Waals surface area contributed by atoms with E-state index in [0.717, 1.165) is 43.9 Å². The lowest BCUT2D eigenvalue weighted by molar-refractivity contribution is -0.133. The summed E-state index contributed by atoms with van der Waals surface area (Å²) in [4.78, 5) is 34.9. The van der Waals surface area contributed by atoms with Crippen molar-refractivity contribution in [1.82, 2.24) is 14.7 Å². The molecule has 184 valence electrons. The first-order chi connectivity index (χ1) is 17.1. The first kappa shape index (κ1) is 24.2. The molecule has 1 aromatic carbocycles. The molecule has 0 radical (unpaired) electrons. The van der Waals surface area contributed by atoms with Gasteiger partial charge in [-0.05, 0) is 59.3 Å². The average Bonchev–Trinajstić information content (AvgIpc) is 3.49. The molecule has 35 heavy (non-hydrogen) atoms. The van der Waals surface area contributed by atoms with E-state index in [0.29, 0.717) is 25.9 Å². The van der Waals surface area contributed by atoms with Crippen LogP contribution in [0.5, 0.6) is 0 Å². The van der Waals surface area contributed by atoms with Gasteiger partial charge in [-0.2, -0.15) is 0 Å². The predicted octanol–water partition coefficient (Wildman–Crippen LogP) is 4.76. The SMILES string of the molecule is Cc1ccccc1C1c2ccsc2CCN1CCC(=O)N1CCCN(C(=O)Cc2cccs2)CC1. The van der Waals surface area contributed by atoms with E-state index >= 15 is 0 Å². The second kappa shape index (κ2) is 11.1. The van der Waals surface area contributed by atoms with E-state index in [9.17, 15) is 9.59 Å². The molecule has 0 saturated carbocycles. The van der Waals surface area contributed by atoms with Gasteiger partial charge in [-0.25, -0.2) is 0 Å². The summed E-state index contributed by atoms with van der Waals surface area (Å²) in [5.74, 6) is 0.375. The van der Waals surface area contributed by atoms with Crippen LogP contribution in [0.1, 0.15) is 45.3 Å². The number of carbonyl (C=O) groups is 2. The Morgan fingerprint density at radius 1 is 0.857 bits per heavy atom. The molecule has 1 unspecified atom stereocenters. The summed E-state index contributed by atoms with van der Waals surface area (Å²) in [7, 11) is 0. The lowest BCUT2D eigenvalue weighted by Crippen LogP contribution is -2.41. The standard InChI is InChI=1S/C28H33N3O2S2/c1-21-6-2-3-8-23(21)28-24-11-19-35-25(24)9-14-31(28)15-10-26(32)29-12-5-13-30(17-16-29)27(33)20-22-7-4-18-34-22/h2-4,6-8,11,18-19,28H,5,9-10,12-17,20H2,1H3. The molecule has 0 spiro atoms. The molecule has 1 saturated heterocycles. The Labute approximate surface area is 216 Å². The zero-order valence-electron chi connectivity index (χ0n) is 20.3. The van der Waals surface area contributed by atoms with Gasteiger partial charge in [0.1, 0.15) is 0 Å². The zero-order valence-corrected chi connectivity index (χ0v) is 22.0. The fraction of sp³-hybridized carbons (Fsp3) is 0.429.